The second-order valence-electron chi connectivity index (χ2n) is 4.39. The van der Waals surface area contributed by atoms with Crippen LogP contribution in [0.4, 0.5) is 4.39 Å². The van der Waals surface area contributed by atoms with Crippen LogP contribution in [0.1, 0.15) is 0 Å². The number of thiophene rings is 1. The zero-order chi connectivity index (χ0) is 12.8. The monoisotopic (exact) mass is 268 g/mol. The summed E-state index contributed by atoms with van der Waals surface area (Å²) in [7, 11) is 0. The molecule has 0 bridgehead atoms. The van der Waals surface area contributed by atoms with Gasteiger partial charge in [-0.1, -0.05) is 12.1 Å². The fourth-order valence-electron chi connectivity index (χ4n) is 2.30. The number of nitrogens with zero attached hydrogens (tertiary/aromatic N) is 1. The first-order chi connectivity index (χ1) is 9.31. The van der Waals surface area contributed by atoms with Crippen LogP contribution in [-0.2, 0) is 0 Å². The third kappa shape index (κ3) is 1.64. The van der Waals surface area contributed by atoms with Gasteiger partial charge in [-0.3, -0.25) is 0 Å². The van der Waals surface area contributed by atoms with Gasteiger partial charge in [-0.15, -0.1) is 11.3 Å². The number of rotatable bonds is 1. The SMILES string of the molecule is Fc1cc(-c2nc3ccccc3[nH]2)c2sccc2c1. The Morgan fingerprint density at radius 1 is 1.11 bits per heavy atom. The van der Waals surface area contributed by atoms with Gasteiger partial charge in [0.1, 0.15) is 11.6 Å². The average Bonchev–Trinajstić information content (AvgIpc) is 3.03. The van der Waals surface area contributed by atoms with E-state index in [1.54, 1.807) is 17.4 Å². The Labute approximate surface area is 112 Å². The first-order valence-electron chi connectivity index (χ1n) is 5.93. The van der Waals surface area contributed by atoms with Crippen molar-refractivity contribution < 1.29 is 4.39 Å². The Kier molecular flexibility index (Phi) is 2.19. The number of nitrogens with one attached hydrogen (secondary N) is 1. The lowest BCUT2D eigenvalue weighted by molar-refractivity contribution is 0.630. The van der Waals surface area contributed by atoms with Gasteiger partial charge in [-0.2, -0.15) is 0 Å². The van der Waals surface area contributed by atoms with Crippen molar-refractivity contribution in [2.24, 2.45) is 0 Å². The van der Waals surface area contributed by atoms with Crippen molar-refractivity contribution in [3.8, 4) is 11.4 Å². The Hall–Kier alpha value is -2.20. The van der Waals surface area contributed by atoms with Crippen LogP contribution in [0.5, 0.6) is 0 Å². The highest BCUT2D eigenvalue weighted by Gasteiger charge is 2.11. The van der Waals surface area contributed by atoms with Crippen molar-refractivity contribution in [1.29, 1.82) is 0 Å². The molecule has 0 fully saturated rings. The summed E-state index contributed by atoms with van der Waals surface area (Å²) < 4.78 is 14.7. The standard InChI is InChI=1S/C15H9FN2S/c16-10-7-9-5-6-19-14(9)11(8-10)15-17-12-3-1-2-4-13(12)18-15/h1-8H,(H,17,18). The fourth-order valence-corrected chi connectivity index (χ4v) is 3.20. The predicted molar refractivity (Wildman–Crippen MR) is 76.9 cm³/mol. The van der Waals surface area contributed by atoms with E-state index >= 15 is 0 Å². The van der Waals surface area contributed by atoms with Crippen LogP contribution in [0, 0.1) is 5.82 Å². The van der Waals surface area contributed by atoms with Crippen LogP contribution in [0.2, 0.25) is 0 Å². The quantitative estimate of drug-likeness (QED) is 0.537. The van der Waals surface area contributed by atoms with Crippen LogP contribution in [-0.4, -0.2) is 9.97 Å². The molecule has 0 saturated carbocycles. The third-order valence-corrected chi connectivity index (χ3v) is 4.12. The molecule has 0 saturated heterocycles. The van der Waals surface area contributed by atoms with Gasteiger partial charge in [0.15, 0.2) is 0 Å². The molecule has 0 aliphatic rings. The van der Waals surface area contributed by atoms with E-state index in [9.17, 15) is 4.39 Å². The second kappa shape index (κ2) is 3.90. The summed E-state index contributed by atoms with van der Waals surface area (Å²) in [6, 6.07) is 12.8. The molecule has 19 heavy (non-hydrogen) atoms. The van der Waals surface area contributed by atoms with Gasteiger partial charge in [-0.05, 0) is 41.1 Å². The summed E-state index contributed by atoms with van der Waals surface area (Å²) in [6.45, 7) is 0. The molecule has 4 aromatic rings. The van der Waals surface area contributed by atoms with E-state index in [1.807, 2.05) is 35.7 Å². The molecule has 0 amide bonds. The number of fused-ring (bicyclic) bond motifs is 2. The zero-order valence-corrected chi connectivity index (χ0v) is 10.7. The van der Waals surface area contributed by atoms with E-state index in [0.717, 1.165) is 26.7 Å². The Balaban J connectivity index is 2.05. The van der Waals surface area contributed by atoms with E-state index < -0.39 is 0 Å². The summed E-state index contributed by atoms with van der Waals surface area (Å²) in [5.74, 6) is 0.481. The number of hydrogen-bond donors (Lipinski definition) is 1. The summed E-state index contributed by atoms with van der Waals surface area (Å²) in [5.41, 5.74) is 2.68. The number of aromatic amines is 1. The van der Waals surface area contributed by atoms with Gasteiger partial charge < -0.3 is 4.98 Å². The molecule has 0 aliphatic heterocycles. The van der Waals surface area contributed by atoms with Crippen LogP contribution >= 0.6 is 11.3 Å². The summed E-state index contributed by atoms with van der Waals surface area (Å²) in [6.07, 6.45) is 0. The molecule has 92 valence electrons. The molecule has 0 radical (unpaired) electrons. The molecule has 1 N–H and O–H groups in total. The van der Waals surface area contributed by atoms with E-state index in [1.165, 1.54) is 6.07 Å². The lowest BCUT2D eigenvalue weighted by Crippen LogP contribution is -1.83. The molecular formula is C15H9FN2S. The lowest BCUT2D eigenvalue weighted by Gasteiger charge is -2.00. The van der Waals surface area contributed by atoms with Gasteiger partial charge in [0.25, 0.3) is 0 Å². The van der Waals surface area contributed by atoms with E-state index in [2.05, 4.69) is 9.97 Å². The molecule has 0 aliphatic carbocycles. The molecule has 2 nitrogen and oxygen atoms in total. The number of H-pyrrole nitrogens is 1. The Bertz CT molecular complexity index is 858. The fraction of sp³-hybridized carbons (Fsp3) is 0. The molecule has 2 heterocycles. The maximum Gasteiger partial charge on any atom is 0.140 e. The predicted octanol–water partition coefficient (Wildman–Crippen LogP) is 4.58. The molecule has 2 aromatic heterocycles. The van der Waals surface area contributed by atoms with Gasteiger partial charge >= 0.3 is 0 Å². The molecule has 2 aromatic carbocycles. The Morgan fingerprint density at radius 3 is 2.89 bits per heavy atom. The molecule has 0 spiro atoms. The maximum atomic E-state index is 13.7. The van der Waals surface area contributed by atoms with Crippen molar-refractivity contribution in [3.63, 3.8) is 0 Å². The first kappa shape index (κ1) is 10.7. The summed E-state index contributed by atoms with van der Waals surface area (Å²) >= 11 is 1.60. The van der Waals surface area contributed by atoms with Crippen molar-refractivity contribution in [1.82, 2.24) is 9.97 Å². The van der Waals surface area contributed by atoms with Crippen LogP contribution < -0.4 is 0 Å². The van der Waals surface area contributed by atoms with Gasteiger partial charge in [-0.25, -0.2) is 9.37 Å². The molecule has 4 rings (SSSR count). The summed E-state index contributed by atoms with van der Waals surface area (Å²) in [5, 5.41) is 2.89. The zero-order valence-electron chi connectivity index (χ0n) is 9.85. The normalized spacial score (nSPS) is 11.4. The molecule has 4 heteroatoms. The largest absolute Gasteiger partial charge is 0.338 e. The van der Waals surface area contributed by atoms with E-state index in [-0.39, 0.29) is 5.82 Å². The van der Waals surface area contributed by atoms with Crippen molar-refractivity contribution >= 4 is 32.5 Å². The van der Waals surface area contributed by atoms with Gasteiger partial charge in [0.05, 0.1) is 11.0 Å². The highest BCUT2D eigenvalue weighted by atomic mass is 32.1. The number of para-hydroxylation sites is 2. The number of aromatic nitrogens is 2. The number of halogens is 1. The van der Waals surface area contributed by atoms with E-state index in [0.29, 0.717) is 5.82 Å². The smallest absolute Gasteiger partial charge is 0.140 e. The maximum absolute atomic E-state index is 13.7. The van der Waals surface area contributed by atoms with Crippen LogP contribution in [0.25, 0.3) is 32.5 Å². The van der Waals surface area contributed by atoms with Crippen molar-refractivity contribution in [3.05, 3.63) is 53.7 Å². The highest BCUT2D eigenvalue weighted by Crippen LogP contribution is 2.33. The van der Waals surface area contributed by atoms with E-state index in [4.69, 9.17) is 0 Å². The van der Waals surface area contributed by atoms with Gasteiger partial charge in [0.2, 0.25) is 0 Å². The highest BCUT2D eigenvalue weighted by molar-refractivity contribution is 7.17. The number of imidazole rings is 1. The summed E-state index contributed by atoms with van der Waals surface area (Å²) in [4.78, 5) is 7.79. The van der Waals surface area contributed by atoms with Crippen molar-refractivity contribution in [2.45, 2.75) is 0 Å². The van der Waals surface area contributed by atoms with Gasteiger partial charge in [0, 0.05) is 10.3 Å². The molecule has 0 atom stereocenters. The minimum Gasteiger partial charge on any atom is -0.338 e. The topological polar surface area (TPSA) is 28.7 Å². The molecule has 0 unspecified atom stereocenters. The number of benzene rings is 2. The minimum absolute atomic E-state index is 0.235. The van der Waals surface area contributed by atoms with Crippen molar-refractivity contribution in [2.75, 3.05) is 0 Å². The van der Waals surface area contributed by atoms with Crippen LogP contribution in [0.15, 0.2) is 47.8 Å². The number of hydrogen-bond acceptors (Lipinski definition) is 2. The average molecular weight is 268 g/mol. The minimum atomic E-state index is -0.235. The first-order valence-corrected chi connectivity index (χ1v) is 6.81. The lowest BCUT2D eigenvalue weighted by atomic mass is 10.1. The second-order valence-corrected chi connectivity index (χ2v) is 5.31. The van der Waals surface area contributed by atoms with Crippen LogP contribution in [0.3, 0.4) is 0 Å². The Morgan fingerprint density at radius 2 is 2.00 bits per heavy atom. The molecular weight excluding hydrogens is 259 g/mol. The third-order valence-electron chi connectivity index (χ3n) is 3.16.